The van der Waals surface area contributed by atoms with Gasteiger partial charge in [0.1, 0.15) is 0 Å². The minimum atomic E-state index is 1.26. The lowest BCUT2D eigenvalue weighted by atomic mass is 9.86. The molecule has 0 amide bonds. The quantitative estimate of drug-likeness (QED) is 0.580. The molecule has 0 saturated carbocycles. The van der Waals surface area contributed by atoms with Gasteiger partial charge < -0.3 is 0 Å². The van der Waals surface area contributed by atoms with Gasteiger partial charge in [0.15, 0.2) is 0 Å². The normalized spacial score (nSPS) is 11.3. The van der Waals surface area contributed by atoms with Gasteiger partial charge in [-0.2, -0.15) is 0 Å². The standard InChI is InChI=1S/C17H21Br/c1-8-9(2)11(4)16-14(7)17(18)13(6)12(5)15(16)10(8)3/h1-7H3. The molecule has 2 rings (SSSR count). The van der Waals surface area contributed by atoms with Crippen LogP contribution >= 0.6 is 15.9 Å². The molecule has 0 fully saturated rings. The zero-order valence-electron chi connectivity index (χ0n) is 12.4. The van der Waals surface area contributed by atoms with Crippen molar-refractivity contribution in [1.29, 1.82) is 0 Å². The lowest BCUT2D eigenvalue weighted by Gasteiger charge is -2.20. The zero-order chi connectivity index (χ0) is 13.8. The topological polar surface area (TPSA) is 0 Å². The van der Waals surface area contributed by atoms with Gasteiger partial charge in [-0.1, -0.05) is 15.9 Å². The maximum Gasteiger partial charge on any atom is 0.0242 e. The first-order valence-corrected chi connectivity index (χ1v) is 7.23. The van der Waals surface area contributed by atoms with Gasteiger partial charge in [-0.05, 0) is 98.2 Å². The van der Waals surface area contributed by atoms with Gasteiger partial charge in [-0.3, -0.25) is 0 Å². The number of benzene rings is 2. The molecule has 0 atom stereocenters. The maximum atomic E-state index is 3.75. The van der Waals surface area contributed by atoms with Gasteiger partial charge in [0.25, 0.3) is 0 Å². The third-order valence-corrected chi connectivity index (χ3v) is 5.85. The smallest absolute Gasteiger partial charge is 0.0242 e. The predicted molar refractivity (Wildman–Crippen MR) is 84.8 cm³/mol. The summed E-state index contributed by atoms with van der Waals surface area (Å²) < 4.78 is 1.26. The first kappa shape index (κ1) is 13.6. The van der Waals surface area contributed by atoms with E-state index in [0.717, 1.165) is 0 Å². The Hall–Kier alpha value is -0.820. The van der Waals surface area contributed by atoms with E-state index < -0.39 is 0 Å². The van der Waals surface area contributed by atoms with Crippen LogP contribution in [0.3, 0.4) is 0 Å². The average molecular weight is 305 g/mol. The molecule has 0 aliphatic rings. The Bertz CT molecular complexity index is 551. The molecule has 0 aliphatic carbocycles. The molecule has 0 bridgehead atoms. The van der Waals surface area contributed by atoms with Crippen molar-refractivity contribution in [3.05, 3.63) is 43.4 Å². The maximum absolute atomic E-state index is 3.75. The van der Waals surface area contributed by atoms with Crippen LogP contribution in [-0.4, -0.2) is 0 Å². The first-order chi connectivity index (χ1) is 8.29. The summed E-state index contributed by atoms with van der Waals surface area (Å²) >= 11 is 3.75. The lowest BCUT2D eigenvalue weighted by molar-refractivity contribution is 1.22. The van der Waals surface area contributed by atoms with E-state index in [1.54, 1.807) is 0 Å². The van der Waals surface area contributed by atoms with Gasteiger partial charge in [0.05, 0.1) is 0 Å². The highest BCUT2D eigenvalue weighted by Gasteiger charge is 2.16. The molecule has 2 aromatic rings. The molecule has 0 saturated heterocycles. The van der Waals surface area contributed by atoms with E-state index >= 15 is 0 Å². The van der Waals surface area contributed by atoms with Crippen LogP contribution < -0.4 is 0 Å². The van der Waals surface area contributed by atoms with E-state index in [9.17, 15) is 0 Å². The first-order valence-electron chi connectivity index (χ1n) is 6.44. The Kier molecular flexibility index (Phi) is 3.31. The van der Waals surface area contributed by atoms with Crippen molar-refractivity contribution in [2.45, 2.75) is 48.5 Å². The second-order valence-electron chi connectivity index (χ2n) is 5.44. The fourth-order valence-corrected chi connectivity index (χ4v) is 3.49. The van der Waals surface area contributed by atoms with Crippen molar-refractivity contribution in [2.24, 2.45) is 0 Å². The largest absolute Gasteiger partial charge is 0.0502 e. The Balaban J connectivity index is 3.22. The Morgan fingerprint density at radius 3 is 1.22 bits per heavy atom. The molecule has 0 aliphatic heterocycles. The van der Waals surface area contributed by atoms with E-state index in [-0.39, 0.29) is 0 Å². The van der Waals surface area contributed by atoms with Crippen LogP contribution in [0.4, 0.5) is 0 Å². The predicted octanol–water partition coefficient (Wildman–Crippen LogP) is 5.76. The van der Waals surface area contributed by atoms with Crippen molar-refractivity contribution >= 4 is 26.7 Å². The number of rotatable bonds is 0. The second-order valence-corrected chi connectivity index (χ2v) is 6.23. The monoisotopic (exact) mass is 304 g/mol. The molecule has 0 heterocycles. The molecule has 0 spiro atoms. The summed E-state index contributed by atoms with van der Waals surface area (Å²) in [5, 5.41) is 2.89. The lowest BCUT2D eigenvalue weighted by Crippen LogP contribution is -2.00. The van der Waals surface area contributed by atoms with Gasteiger partial charge in [0.2, 0.25) is 0 Å². The van der Waals surface area contributed by atoms with Crippen LogP contribution in [0, 0.1) is 48.5 Å². The van der Waals surface area contributed by atoms with Crippen molar-refractivity contribution in [3.8, 4) is 0 Å². The molecule has 0 N–H and O–H groups in total. The molecule has 1 heteroatoms. The van der Waals surface area contributed by atoms with Crippen LogP contribution in [0.25, 0.3) is 10.8 Å². The molecule has 0 nitrogen and oxygen atoms in total. The van der Waals surface area contributed by atoms with Crippen LogP contribution in [0.2, 0.25) is 0 Å². The van der Waals surface area contributed by atoms with Gasteiger partial charge in [-0.25, -0.2) is 0 Å². The van der Waals surface area contributed by atoms with Crippen LogP contribution in [0.1, 0.15) is 38.9 Å². The summed E-state index contributed by atoms with van der Waals surface area (Å²) in [5.41, 5.74) is 9.87. The minimum Gasteiger partial charge on any atom is -0.0502 e. The number of hydrogen-bond acceptors (Lipinski definition) is 0. The fourth-order valence-electron chi connectivity index (χ4n) is 2.99. The van der Waals surface area contributed by atoms with Gasteiger partial charge in [0, 0.05) is 4.47 Å². The Morgan fingerprint density at radius 1 is 0.444 bits per heavy atom. The van der Waals surface area contributed by atoms with Crippen LogP contribution in [0.15, 0.2) is 4.47 Å². The van der Waals surface area contributed by atoms with Gasteiger partial charge >= 0.3 is 0 Å². The number of hydrogen-bond donors (Lipinski definition) is 0. The van der Waals surface area contributed by atoms with Gasteiger partial charge in [-0.15, -0.1) is 0 Å². The third-order valence-electron chi connectivity index (χ3n) is 4.66. The number of aryl methyl sites for hydroxylation is 4. The molecular weight excluding hydrogens is 284 g/mol. The van der Waals surface area contributed by atoms with E-state index in [0.29, 0.717) is 0 Å². The molecule has 2 aromatic carbocycles. The summed E-state index contributed by atoms with van der Waals surface area (Å²) in [7, 11) is 0. The van der Waals surface area contributed by atoms with Crippen LogP contribution in [-0.2, 0) is 0 Å². The minimum absolute atomic E-state index is 1.26. The SMILES string of the molecule is Cc1c(C)c(C)c2c(C)c(Br)c(C)c(C)c2c1C. The number of halogens is 1. The Morgan fingerprint density at radius 2 is 0.778 bits per heavy atom. The molecule has 18 heavy (non-hydrogen) atoms. The van der Waals surface area contributed by atoms with Crippen molar-refractivity contribution < 1.29 is 0 Å². The van der Waals surface area contributed by atoms with Crippen LogP contribution in [0.5, 0.6) is 0 Å². The number of fused-ring (bicyclic) bond motifs is 1. The summed E-state index contributed by atoms with van der Waals surface area (Å²) in [6, 6.07) is 0. The molecule has 96 valence electrons. The highest BCUT2D eigenvalue weighted by atomic mass is 79.9. The molecule has 0 aromatic heterocycles. The Labute approximate surface area is 119 Å². The highest BCUT2D eigenvalue weighted by molar-refractivity contribution is 9.10. The summed E-state index contributed by atoms with van der Waals surface area (Å²) in [6.45, 7) is 15.6. The summed E-state index contributed by atoms with van der Waals surface area (Å²) in [6.07, 6.45) is 0. The van der Waals surface area contributed by atoms with E-state index in [4.69, 9.17) is 0 Å². The average Bonchev–Trinajstić information content (AvgIpc) is 2.35. The highest BCUT2D eigenvalue weighted by Crippen LogP contribution is 2.38. The molecule has 0 unspecified atom stereocenters. The van der Waals surface area contributed by atoms with E-state index in [2.05, 4.69) is 64.4 Å². The van der Waals surface area contributed by atoms with Crippen molar-refractivity contribution in [3.63, 3.8) is 0 Å². The summed E-state index contributed by atoms with van der Waals surface area (Å²) in [4.78, 5) is 0. The zero-order valence-corrected chi connectivity index (χ0v) is 14.0. The van der Waals surface area contributed by atoms with E-state index in [1.807, 2.05) is 0 Å². The van der Waals surface area contributed by atoms with Crippen molar-refractivity contribution in [1.82, 2.24) is 0 Å². The molecular formula is C17H21Br. The third kappa shape index (κ3) is 1.64. The van der Waals surface area contributed by atoms with E-state index in [1.165, 1.54) is 54.2 Å². The summed E-state index contributed by atoms with van der Waals surface area (Å²) in [5.74, 6) is 0. The molecule has 0 radical (unpaired) electrons. The fraction of sp³-hybridized carbons (Fsp3) is 0.412. The second kappa shape index (κ2) is 4.38. The van der Waals surface area contributed by atoms with Crippen molar-refractivity contribution in [2.75, 3.05) is 0 Å².